The highest BCUT2D eigenvalue weighted by Gasteiger charge is 2.12. The van der Waals surface area contributed by atoms with Crippen LogP contribution < -0.4 is 10.6 Å². The van der Waals surface area contributed by atoms with Gasteiger partial charge in [-0.25, -0.2) is 0 Å². The Morgan fingerprint density at radius 3 is 2.62 bits per heavy atom. The van der Waals surface area contributed by atoms with Gasteiger partial charge in [-0.15, -0.1) is 5.10 Å². The molecule has 0 fully saturated rings. The summed E-state index contributed by atoms with van der Waals surface area (Å²) >= 11 is 0. The lowest BCUT2D eigenvalue weighted by molar-refractivity contribution is 0.428. The molecule has 0 saturated heterocycles. The van der Waals surface area contributed by atoms with Gasteiger partial charge in [-0.2, -0.15) is 0 Å². The predicted octanol–water partition coefficient (Wildman–Crippen LogP) is 2.20. The second kappa shape index (κ2) is 6.48. The monoisotopic (exact) mass is 226 g/mol. The van der Waals surface area contributed by atoms with Crippen molar-refractivity contribution >= 4 is 6.01 Å². The van der Waals surface area contributed by atoms with Crippen LogP contribution in [0.5, 0.6) is 0 Å². The Balaban J connectivity index is 2.39. The summed E-state index contributed by atoms with van der Waals surface area (Å²) in [5.41, 5.74) is 0. The van der Waals surface area contributed by atoms with Crippen molar-refractivity contribution < 1.29 is 4.42 Å². The second-order valence-electron chi connectivity index (χ2n) is 4.33. The first-order valence-electron chi connectivity index (χ1n) is 5.94. The summed E-state index contributed by atoms with van der Waals surface area (Å²) < 4.78 is 5.48. The van der Waals surface area contributed by atoms with Crippen molar-refractivity contribution in [3.8, 4) is 0 Å². The van der Waals surface area contributed by atoms with Gasteiger partial charge >= 0.3 is 6.01 Å². The van der Waals surface area contributed by atoms with Crippen molar-refractivity contribution in [3.63, 3.8) is 0 Å². The van der Waals surface area contributed by atoms with E-state index in [1.165, 1.54) is 0 Å². The Labute approximate surface area is 97.0 Å². The maximum absolute atomic E-state index is 5.48. The van der Waals surface area contributed by atoms with E-state index in [0.29, 0.717) is 17.8 Å². The van der Waals surface area contributed by atoms with Gasteiger partial charge < -0.3 is 15.1 Å². The molecule has 1 aromatic rings. The maximum Gasteiger partial charge on any atom is 0.315 e. The van der Waals surface area contributed by atoms with Crippen LogP contribution in [-0.4, -0.2) is 23.3 Å². The van der Waals surface area contributed by atoms with Crippen molar-refractivity contribution in [1.29, 1.82) is 0 Å². The number of nitrogens with zero attached hydrogens (tertiary/aromatic N) is 2. The first-order chi connectivity index (χ1) is 7.63. The molecule has 0 aliphatic rings. The lowest BCUT2D eigenvalue weighted by Crippen LogP contribution is -2.17. The number of anilines is 1. The molecule has 0 aromatic carbocycles. The van der Waals surface area contributed by atoms with Crippen LogP contribution in [0, 0.1) is 5.92 Å². The Morgan fingerprint density at radius 2 is 2.00 bits per heavy atom. The van der Waals surface area contributed by atoms with E-state index in [1.807, 2.05) is 6.92 Å². The molecule has 5 nitrogen and oxygen atoms in total. The van der Waals surface area contributed by atoms with Crippen molar-refractivity contribution in [2.75, 3.05) is 18.4 Å². The summed E-state index contributed by atoms with van der Waals surface area (Å²) in [7, 11) is 0. The molecule has 1 heterocycles. The first kappa shape index (κ1) is 13.0. The largest absolute Gasteiger partial charge is 0.406 e. The fourth-order valence-electron chi connectivity index (χ4n) is 1.34. The lowest BCUT2D eigenvalue weighted by atomic mass is 10.1. The zero-order chi connectivity index (χ0) is 12.0. The highest BCUT2D eigenvalue weighted by molar-refractivity contribution is 5.16. The quantitative estimate of drug-likeness (QED) is 0.746. The Hall–Kier alpha value is -1.10. The van der Waals surface area contributed by atoms with E-state index in [1.54, 1.807) is 0 Å². The lowest BCUT2D eigenvalue weighted by Gasteiger charge is -2.06. The van der Waals surface area contributed by atoms with Crippen molar-refractivity contribution in [2.24, 2.45) is 5.92 Å². The minimum atomic E-state index is 0.109. The predicted molar refractivity (Wildman–Crippen MR) is 64.3 cm³/mol. The van der Waals surface area contributed by atoms with Crippen LogP contribution in [-0.2, 0) is 0 Å². The summed E-state index contributed by atoms with van der Waals surface area (Å²) in [5, 5.41) is 14.3. The third-order valence-electron chi connectivity index (χ3n) is 2.32. The topological polar surface area (TPSA) is 63.0 Å². The number of hydrogen-bond acceptors (Lipinski definition) is 5. The van der Waals surface area contributed by atoms with Gasteiger partial charge in [0.2, 0.25) is 5.89 Å². The van der Waals surface area contributed by atoms with Gasteiger partial charge in [0.05, 0.1) is 6.04 Å². The van der Waals surface area contributed by atoms with Crippen LogP contribution in [0.15, 0.2) is 4.42 Å². The second-order valence-corrected chi connectivity index (χ2v) is 4.33. The van der Waals surface area contributed by atoms with Crippen molar-refractivity contribution in [3.05, 3.63) is 5.89 Å². The molecular formula is C11H22N4O. The molecule has 5 heteroatoms. The first-order valence-corrected chi connectivity index (χ1v) is 5.94. The van der Waals surface area contributed by atoms with Crippen LogP contribution in [0.3, 0.4) is 0 Å². The average Bonchev–Trinajstić information content (AvgIpc) is 2.66. The normalized spacial score (nSPS) is 13.1. The molecule has 1 rings (SSSR count). The van der Waals surface area contributed by atoms with Gasteiger partial charge in [-0.05, 0) is 25.8 Å². The average molecular weight is 226 g/mol. The molecule has 92 valence electrons. The van der Waals surface area contributed by atoms with E-state index in [9.17, 15) is 0 Å². The highest BCUT2D eigenvalue weighted by Crippen LogP contribution is 2.13. The molecule has 0 amide bonds. The van der Waals surface area contributed by atoms with Gasteiger partial charge in [0, 0.05) is 6.54 Å². The third-order valence-corrected chi connectivity index (χ3v) is 2.32. The molecule has 0 saturated carbocycles. The number of aromatic nitrogens is 2. The van der Waals surface area contributed by atoms with Crippen molar-refractivity contribution in [1.82, 2.24) is 15.5 Å². The zero-order valence-corrected chi connectivity index (χ0v) is 10.6. The Bertz CT molecular complexity index is 298. The van der Waals surface area contributed by atoms with Gasteiger partial charge in [0.1, 0.15) is 0 Å². The van der Waals surface area contributed by atoms with Gasteiger partial charge in [0.15, 0.2) is 0 Å². The number of nitrogens with one attached hydrogen (secondary N) is 2. The van der Waals surface area contributed by atoms with Crippen LogP contribution in [0.2, 0.25) is 0 Å². The summed E-state index contributed by atoms with van der Waals surface area (Å²) in [5.74, 6) is 1.31. The fourth-order valence-corrected chi connectivity index (χ4v) is 1.34. The fraction of sp³-hybridized carbons (Fsp3) is 0.818. The molecule has 0 aliphatic carbocycles. The molecule has 0 spiro atoms. The van der Waals surface area contributed by atoms with E-state index < -0.39 is 0 Å². The SMILES string of the molecule is CCNC(C)c1nnc(NCCC(C)C)o1. The minimum absolute atomic E-state index is 0.109. The Morgan fingerprint density at radius 1 is 1.25 bits per heavy atom. The van der Waals surface area contributed by atoms with Crippen LogP contribution in [0.1, 0.15) is 46.0 Å². The van der Waals surface area contributed by atoms with E-state index >= 15 is 0 Å². The third kappa shape index (κ3) is 4.18. The van der Waals surface area contributed by atoms with Gasteiger partial charge in [-0.1, -0.05) is 25.9 Å². The van der Waals surface area contributed by atoms with E-state index in [2.05, 4.69) is 41.6 Å². The molecule has 2 N–H and O–H groups in total. The summed E-state index contributed by atoms with van der Waals surface area (Å²) in [6.07, 6.45) is 1.10. The van der Waals surface area contributed by atoms with Crippen LogP contribution in [0.4, 0.5) is 6.01 Å². The van der Waals surface area contributed by atoms with E-state index in [0.717, 1.165) is 19.5 Å². The summed E-state index contributed by atoms with van der Waals surface area (Å²) in [4.78, 5) is 0. The molecule has 0 bridgehead atoms. The molecule has 0 aliphatic heterocycles. The van der Waals surface area contributed by atoms with Gasteiger partial charge in [0.25, 0.3) is 0 Å². The molecule has 1 aromatic heterocycles. The van der Waals surface area contributed by atoms with Crippen LogP contribution >= 0.6 is 0 Å². The highest BCUT2D eigenvalue weighted by atomic mass is 16.4. The van der Waals surface area contributed by atoms with Crippen LogP contribution in [0.25, 0.3) is 0 Å². The molecule has 0 radical (unpaired) electrons. The standard InChI is InChI=1S/C11H22N4O/c1-5-12-9(4)10-14-15-11(16-10)13-7-6-8(2)3/h8-9,12H,5-7H2,1-4H3,(H,13,15). The molecule has 1 unspecified atom stereocenters. The zero-order valence-electron chi connectivity index (χ0n) is 10.6. The molecular weight excluding hydrogens is 204 g/mol. The van der Waals surface area contributed by atoms with Gasteiger partial charge in [-0.3, -0.25) is 0 Å². The Kier molecular flexibility index (Phi) is 5.25. The van der Waals surface area contributed by atoms with Crippen molar-refractivity contribution in [2.45, 2.75) is 40.2 Å². The van der Waals surface area contributed by atoms with E-state index in [4.69, 9.17) is 4.42 Å². The molecule has 16 heavy (non-hydrogen) atoms. The molecule has 1 atom stereocenters. The van der Waals surface area contributed by atoms with E-state index in [-0.39, 0.29) is 6.04 Å². The number of rotatable bonds is 7. The maximum atomic E-state index is 5.48. The summed E-state index contributed by atoms with van der Waals surface area (Å²) in [6, 6.07) is 0.624. The minimum Gasteiger partial charge on any atom is -0.406 e. The summed E-state index contributed by atoms with van der Waals surface area (Å²) in [6.45, 7) is 10.2. The number of hydrogen-bond donors (Lipinski definition) is 2. The smallest absolute Gasteiger partial charge is 0.315 e.